The molecule has 1 nitrogen and oxygen atoms in total. The molecule has 0 heterocycles. The lowest BCUT2D eigenvalue weighted by Crippen LogP contribution is -2.35. The second-order valence-electron chi connectivity index (χ2n) is 4.57. The number of rotatable bonds is 5. The van der Waals surface area contributed by atoms with E-state index in [-0.39, 0.29) is 5.82 Å². The van der Waals surface area contributed by atoms with E-state index in [1.54, 1.807) is 12.1 Å². The number of hydrogen-bond acceptors (Lipinski definition) is 1. The predicted octanol–water partition coefficient (Wildman–Crippen LogP) is 3.91. The zero-order valence-electron chi connectivity index (χ0n) is 9.22. The van der Waals surface area contributed by atoms with Crippen LogP contribution in [0.25, 0.3) is 0 Å². The molecule has 16 heavy (non-hydrogen) atoms. The van der Waals surface area contributed by atoms with Crippen LogP contribution in [-0.4, -0.2) is 11.9 Å². The first-order valence-corrected chi connectivity index (χ1v) is 6.75. The van der Waals surface area contributed by atoms with Gasteiger partial charge in [0.2, 0.25) is 0 Å². The molecule has 2 rings (SSSR count). The Kier molecular flexibility index (Phi) is 3.98. The monoisotopic (exact) mass is 286 g/mol. The first kappa shape index (κ1) is 12.1. The van der Waals surface area contributed by atoms with E-state index in [4.69, 9.17) is 4.74 Å². The maximum absolute atomic E-state index is 13.3. The van der Waals surface area contributed by atoms with Gasteiger partial charge in [0.1, 0.15) is 5.82 Å². The summed E-state index contributed by atoms with van der Waals surface area (Å²) < 4.78 is 18.9. The van der Waals surface area contributed by atoms with Crippen LogP contribution in [0.5, 0.6) is 0 Å². The quantitative estimate of drug-likeness (QED) is 0.746. The molecule has 0 radical (unpaired) electrons. The van der Waals surface area contributed by atoms with Crippen molar-refractivity contribution in [2.75, 3.05) is 11.9 Å². The maximum atomic E-state index is 13.3. The summed E-state index contributed by atoms with van der Waals surface area (Å²) in [6, 6.07) is 6.79. The standard InChI is InChI=1S/C13H16BrFO/c14-9-13(6-3-7-13)10-16-8-11-4-1-2-5-12(11)15/h1-2,4-5H,3,6-10H2. The largest absolute Gasteiger partial charge is 0.376 e. The van der Waals surface area contributed by atoms with Crippen LogP contribution in [0.4, 0.5) is 4.39 Å². The summed E-state index contributed by atoms with van der Waals surface area (Å²) in [6.45, 7) is 1.11. The third-order valence-corrected chi connectivity index (χ3v) is 4.51. The highest BCUT2D eigenvalue weighted by Crippen LogP contribution is 2.42. The fourth-order valence-corrected chi connectivity index (χ4v) is 2.71. The average molecular weight is 287 g/mol. The molecular formula is C13H16BrFO. The maximum Gasteiger partial charge on any atom is 0.128 e. The molecule has 0 aliphatic heterocycles. The SMILES string of the molecule is Fc1ccccc1COCC1(CBr)CCC1. The van der Waals surface area contributed by atoms with Crippen LogP contribution in [0.1, 0.15) is 24.8 Å². The van der Waals surface area contributed by atoms with Gasteiger partial charge in [0.05, 0.1) is 13.2 Å². The lowest BCUT2D eigenvalue weighted by atomic mass is 9.71. The smallest absolute Gasteiger partial charge is 0.128 e. The zero-order chi connectivity index (χ0) is 11.4. The molecule has 0 aromatic heterocycles. The van der Waals surface area contributed by atoms with Crippen molar-refractivity contribution in [3.8, 4) is 0 Å². The van der Waals surface area contributed by atoms with Crippen molar-refractivity contribution >= 4 is 15.9 Å². The minimum atomic E-state index is -0.177. The molecule has 0 bridgehead atoms. The van der Waals surface area contributed by atoms with Crippen molar-refractivity contribution in [3.63, 3.8) is 0 Å². The Hall–Kier alpha value is -0.410. The van der Waals surface area contributed by atoms with E-state index >= 15 is 0 Å². The second kappa shape index (κ2) is 5.28. The first-order chi connectivity index (χ1) is 7.76. The van der Waals surface area contributed by atoms with E-state index < -0.39 is 0 Å². The van der Waals surface area contributed by atoms with Crippen LogP contribution < -0.4 is 0 Å². The van der Waals surface area contributed by atoms with Gasteiger partial charge in [-0.05, 0) is 18.9 Å². The highest BCUT2D eigenvalue weighted by Gasteiger charge is 2.36. The molecule has 1 aromatic rings. The second-order valence-corrected chi connectivity index (χ2v) is 5.13. The van der Waals surface area contributed by atoms with Crippen LogP contribution in [0, 0.1) is 11.2 Å². The summed E-state index contributed by atoms with van der Waals surface area (Å²) in [5.41, 5.74) is 0.956. The van der Waals surface area contributed by atoms with Gasteiger partial charge in [0, 0.05) is 16.3 Å². The molecule has 0 atom stereocenters. The Bertz CT molecular complexity index is 344. The Morgan fingerprint density at radius 3 is 2.62 bits per heavy atom. The molecule has 1 fully saturated rings. The lowest BCUT2D eigenvalue weighted by molar-refractivity contribution is 0.00184. The lowest BCUT2D eigenvalue weighted by Gasteiger charge is -2.40. The van der Waals surface area contributed by atoms with E-state index in [0.717, 1.165) is 11.9 Å². The highest BCUT2D eigenvalue weighted by molar-refractivity contribution is 9.09. The van der Waals surface area contributed by atoms with Crippen molar-refractivity contribution in [2.24, 2.45) is 5.41 Å². The van der Waals surface area contributed by atoms with E-state index in [1.165, 1.54) is 25.3 Å². The van der Waals surface area contributed by atoms with Crippen LogP contribution in [0.3, 0.4) is 0 Å². The number of ether oxygens (including phenoxy) is 1. The van der Waals surface area contributed by atoms with Crippen LogP contribution in [0.15, 0.2) is 24.3 Å². The predicted molar refractivity (Wildman–Crippen MR) is 66.1 cm³/mol. The summed E-state index contributed by atoms with van der Waals surface area (Å²) in [5, 5.41) is 0.983. The molecule has 0 N–H and O–H groups in total. The van der Waals surface area contributed by atoms with Gasteiger partial charge >= 0.3 is 0 Å². The van der Waals surface area contributed by atoms with Gasteiger partial charge in [-0.2, -0.15) is 0 Å². The van der Waals surface area contributed by atoms with Gasteiger partial charge in [-0.15, -0.1) is 0 Å². The molecule has 1 aliphatic rings. The van der Waals surface area contributed by atoms with Crippen molar-refractivity contribution in [1.29, 1.82) is 0 Å². The van der Waals surface area contributed by atoms with Crippen LogP contribution in [0.2, 0.25) is 0 Å². The molecule has 0 saturated heterocycles. The van der Waals surface area contributed by atoms with E-state index in [2.05, 4.69) is 15.9 Å². The molecule has 0 spiro atoms. The Morgan fingerprint density at radius 2 is 2.06 bits per heavy atom. The van der Waals surface area contributed by atoms with Gasteiger partial charge in [-0.1, -0.05) is 40.5 Å². The van der Waals surface area contributed by atoms with Crippen molar-refractivity contribution in [1.82, 2.24) is 0 Å². The minimum absolute atomic E-state index is 0.177. The van der Waals surface area contributed by atoms with E-state index in [9.17, 15) is 4.39 Å². The Balaban J connectivity index is 1.82. The summed E-state index contributed by atoms with van der Waals surface area (Å²) in [5.74, 6) is -0.177. The average Bonchev–Trinajstić information content (AvgIpc) is 2.25. The van der Waals surface area contributed by atoms with Gasteiger partial charge in [-0.3, -0.25) is 0 Å². The molecule has 1 aliphatic carbocycles. The fraction of sp³-hybridized carbons (Fsp3) is 0.538. The molecule has 88 valence electrons. The molecule has 1 aromatic carbocycles. The van der Waals surface area contributed by atoms with Crippen molar-refractivity contribution < 1.29 is 9.13 Å². The fourth-order valence-electron chi connectivity index (χ4n) is 1.99. The zero-order valence-corrected chi connectivity index (χ0v) is 10.8. The Labute approximate surface area is 104 Å². The summed E-state index contributed by atoms with van der Waals surface area (Å²) in [7, 11) is 0. The first-order valence-electron chi connectivity index (χ1n) is 5.63. The third kappa shape index (κ3) is 2.64. The minimum Gasteiger partial charge on any atom is -0.376 e. The molecular weight excluding hydrogens is 271 g/mol. The Morgan fingerprint density at radius 1 is 1.31 bits per heavy atom. The topological polar surface area (TPSA) is 9.23 Å². The number of alkyl halides is 1. The van der Waals surface area contributed by atoms with E-state index in [0.29, 0.717) is 17.6 Å². The third-order valence-electron chi connectivity index (χ3n) is 3.32. The van der Waals surface area contributed by atoms with E-state index in [1.807, 2.05) is 6.07 Å². The van der Waals surface area contributed by atoms with Crippen LogP contribution >= 0.6 is 15.9 Å². The van der Waals surface area contributed by atoms with Crippen molar-refractivity contribution in [2.45, 2.75) is 25.9 Å². The number of benzene rings is 1. The van der Waals surface area contributed by atoms with Gasteiger partial charge < -0.3 is 4.74 Å². The molecule has 0 amide bonds. The van der Waals surface area contributed by atoms with Gasteiger partial charge in [-0.25, -0.2) is 4.39 Å². The van der Waals surface area contributed by atoms with Gasteiger partial charge in [0.15, 0.2) is 0 Å². The molecule has 3 heteroatoms. The van der Waals surface area contributed by atoms with Crippen LogP contribution in [-0.2, 0) is 11.3 Å². The van der Waals surface area contributed by atoms with Crippen molar-refractivity contribution in [3.05, 3.63) is 35.6 Å². The summed E-state index contributed by atoms with van der Waals surface area (Å²) in [4.78, 5) is 0. The summed E-state index contributed by atoms with van der Waals surface area (Å²) in [6.07, 6.45) is 3.72. The van der Waals surface area contributed by atoms with Gasteiger partial charge in [0.25, 0.3) is 0 Å². The molecule has 0 unspecified atom stereocenters. The number of halogens is 2. The highest BCUT2D eigenvalue weighted by atomic mass is 79.9. The number of hydrogen-bond donors (Lipinski definition) is 0. The normalized spacial score (nSPS) is 18.1. The summed E-state index contributed by atoms with van der Waals surface area (Å²) >= 11 is 3.53. The molecule has 1 saturated carbocycles.